The van der Waals surface area contributed by atoms with E-state index in [9.17, 15) is 18.0 Å². The van der Waals surface area contributed by atoms with Gasteiger partial charge in [0.15, 0.2) is 0 Å². The molecular formula is C14H24N4O7S. The Morgan fingerprint density at radius 1 is 1.46 bits per heavy atom. The lowest BCUT2D eigenvalue weighted by Crippen LogP contribution is -2.55. The van der Waals surface area contributed by atoms with E-state index >= 15 is 0 Å². The topological polar surface area (TPSA) is 151 Å². The summed E-state index contributed by atoms with van der Waals surface area (Å²) in [7, 11) is -4.85. The lowest BCUT2D eigenvalue weighted by molar-refractivity contribution is -0.141. The maximum absolute atomic E-state index is 12.5. The number of hydroxylamine groups is 3. The van der Waals surface area contributed by atoms with Crippen LogP contribution in [0.4, 0.5) is 4.79 Å². The monoisotopic (exact) mass is 392 g/mol. The number of nitrogens with two attached hydrogens (primary N) is 1. The standard InChI is InChI=1S/C14H24N4O7S/c1-14(2)5-10(12(19)16-24-7-9(15)8-3-4-8)17-6-11(14)18(13(17)20)25-26(21,22)23/h8-11H,3-7,15H2,1-2H3,(H,16,19)(H,21,22,23)/t9?,10-,11-/m0/s1. The minimum atomic E-state index is -4.85. The zero-order valence-corrected chi connectivity index (χ0v) is 15.4. The van der Waals surface area contributed by atoms with E-state index in [0.29, 0.717) is 11.0 Å². The highest BCUT2D eigenvalue weighted by Crippen LogP contribution is 2.42. The van der Waals surface area contributed by atoms with E-state index in [1.807, 2.05) is 0 Å². The van der Waals surface area contributed by atoms with Crippen molar-refractivity contribution in [3.05, 3.63) is 0 Å². The molecule has 2 heterocycles. The molecule has 1 saturated carbocycles. The summed E-state index contributed by atoms with van der Waals surface area (Å²) in [6.07, 6.45) is 2.39. The van der Waals surface area contributed by atoms with E-state index in [1.165, 1.54) is 4.90 Å². The van der Waals surface area contributed by atoms with E-state index in [2.05, 4.69) is 9.76 Å². The van der Waals surface area contributed by atoms with Gasteiger partial charge >= 0.3 is 16.4 Å². The summed E-state index contributed by atoms with van der Waals surface area (Å²) in [5.41, 5.74) is 7.61. The van der Waals surface area contributed by atoms with Gasteiger partial charge in [0.1, 0.15) is 6.04 Å². The van der Waals surface area contributed by atoms with Gasteiger partial charge in [-0.25, -0.2) is 10.3 Å². The molecule has 11 nitrogen and oxygen atoms in total. The molecule has 26 heavy (non-hydrogen) atoms. The van der Waals surface area contributed by atoms with Crippen LogP contribution < -0.4 is 11.2 Å². The Bertz CT molecular complexity index is 693. The van der Waals surface area contributed by atoms with E-state index in [4.69, 9.17) is 15.1 Å². The molecule has 148 valence electrons. The molecule has 3 aliphatic rings. The molecule has 12 heteroatoms. The van der Waals surface area contributed by atoms with Crippen molar-refractivity contribution in [1.82, 2.24) is 15.4 Å². The number of rotatable bonds is 7. The molecule has 0 aromatic rings. The van der Waals surface area contributed by atoms with Crippen LogP contribution in [0.1, 0.15) is 33.1 Å². The minimum Gasteiger partial charge on any atom is -0.325 e. The lowest BCUT2D eigenvalue weighted by Gasteiger charge is -2.40. The number of hydrogen-bond donors (Lipinski definition) is 3. The van der Waals surface area contributed by atoms with Crippen LogP contribution in [-0.4, -0.2) is 66.1 Å². The largest absolute Gasteiger partial charge is 0.418 e. The van der Waals surface area contributed by atoms with Crippen molar-refractivity contribution in [2.24, 2.45) is 17.1 Å². The molecular weight excluding hydrogens is 368 g/mol. The highest BCUT2D eigenvalue weighted by molar-refractivity contribution is 7.80. The molecule has 3 amide bonds. The predicted octanol–water partition coefficient (Wildman–Crippen LogP) is -0.589. The van der Waals surface area contributed by atoms with Crippen LogP contribution >= 0.6 is 0 Å². The van der Waals surface area contributed by atoms with Crippen molar-refractivity contribution in [2.45, 2.75) is 51.2 Å². The number of amides is 3. The van der Waals surface area contributed by atoms with Gasteiger partial charge in [-0.3, -0.25) is 14.2 Å². The van der Waals surface area contributed by atoms with Crippen molar-refractivity contribution >= 4 is 22.3 Å². The van der Waals surface area contributed by atoms with E-state index in [1.54, 1.807) is 13.8 Å². The van der Waals surface area contributed by atoms with Crippen LogP contribution in [-0.2, 0) is 24.3 Å². The summed E-state index contributed by atoms with van der Waals surface area (Å²) in [6.45, 7) is 3.86. The second-order valence-electron chi connectivity index (χ2n) is 7.77. The zero-order valence-electron chi connectivity index (χ0n) is 14.6. The lowest BCUT2D eigenvalue weighted by atomic mass is 9.76. The van der Waals surface area contributed by atoms with Crippen molar-refractivity contribution in [3.63, 3.8) is 0 Å². The van der Waals surface area contributed by atoms with Crippen molar-refractivity contribution in [1.29, 1.82) is 0 Å². The van der Waals surface area contributed by atoms with Gasteiger partial charge in [-0.1, -0.05) is 13.8 Å². The summed E-state index contributed by atoms with van der Waals surface area (Å²) in [6, 6.07) is -2.41. The third-order valence-corrected chi connectivity index (χ3v) is 5.59. The van der Waals surface area contributed by atoms with Gasteiger partial charge in [0, 0.05) is 12.6 Å². The van der Waals surface area contributed by atoms with E-state index in [0.717, 1.165) is 12.8 Å². The van der Waals surface area contributed by atoms with Gasteiger partial charge in [-0.05, 0) is 30.6 Å². The van der Waals surface area contributed by atoms with Crippen LogP contribution in [0.3, 0.4) is 0 Å². The van der Waals surface area contributed by atoms with Crippen LogP contribution in [0.2, 0.25) is 0 Å². The van der Waals surface area contributed by atoms with Gasteiger partial charge in [-0.2, -0.15) is 13.5 Å². The SMILES string of the molecule is CC1(C)C[C@@H](C(=O)NOCC(N)C2CC2)N2C[C@@H]1N(OS(=O)(=O)O)C2=O. The number of fused-ring (bicyclic) bond motifs is 2. The number of carbonyl (C=O) groups is 2. The maximum atomic E-state index is 12.5. The summed E-state index contributed by atoms with van der Waals surface area (Å²) in [5.74, 6) is -0.0888. The normalized spacial score (nSPS) is 29.0. The van der Waals surface area contributed by atoms with Gasteiger partial charge in [0.2, 0.25) is 0 Å². The number of piperidine rings is 1. The fourth-order valence-corrected chi connectivity index (χ4v) is 3.90. The Labute approximate surface area is 151 Å². The van der Waals surface area contributed by atoms with Gasteiger partial charge in [0.05, 0.1) is 12.6 Å². The first kappa shape index (κ1) is 19.3. The average molecular weight is 392 g/mol. The number of nitrogens with one attached hydrogen (secondary N) is 1. The first-order chi connectivity index (χ1) is 12.0. The van der Waals surface area contributed by atoms with Crippen LogP contribution in [0.25, 0.3) is 0 Å². The van der Waals surface area contributed by atoms with Crippen molar-refractivity contribution < 1.29 is 31.7 Å². The molecule has 3 fully saturated rings. The number of urea groups is 1. The molecule has 0 aromatic carbocycles. The van der Waals surface area contributed by atoms with Crippen LogP contribution in [0.5, 0.6) is 0 Å². The van der Waals surface area contributed by atoms with Crippen LogP contribution in [0, 0.1) is 11.3 Å². The molecule has 0 radical (unpaired) electrons. The molecule has 2 aliphatic heterocycles. The zero-order chi connectivity index (χ0) is 19.3. The highest BCUT2D eigenvalue weighted by atomic mass is 32.3. The van der Waals surface area contributed by atoms with Gasteiger partial charge in [0.25, 0.3) is 5.91 Å². The summed E-state index contributed by atoms with van der Waals surface area (Å²) in [5, 5.41) is 0.618. The van der Waals surface area contributed by atoms with Gasteiger partial charge in [-0.15, -0.1) is 4.28 Å². The maximum Gasteiger partial charge on any atom is 0.418 e. The predicted molar refractivity (Wildman–Crippen MR) is 87.3 cm³/mol. The highest BCUT2D eigenvalue weighted by Gasteiger charge is 2.57. The molecule has 2 bridgehead atoms. The first-order valence-electron chi connectivity index (χ1n) is 8.43. The van der Waals surface area contributed by atoms with Crippen LogP contribution in [0.15, 0.2) is 0 Å². The molecule has 0 spiro atoms. The molecule has 0 aromatic heterocycles. The Kier molecular flexibility index (Phi) is 4.90. The molecule has 1 aliphatic carbocycles. The summed E-state index contributed by atoms with van der Waals surface area (Å²) >= 11 is 0. The third kappa shape index (κ3) is 3.93. The van der Waals surface area contributed by atoms with E-state index < -0.39 is 39.8 Å². The number of nitrogens with zero attached hydrogens (tertiary/aromatic N) is 2. The fraction of sp³-hybridized carbons (Fsp3) is 0.857. The Morgan fingerprint density at radius 3 is 2.69 bits per heavy atom. The van der Waals surface area contributed by atoms with Crippen molar-refractivity contribution in [2.75, 3.05) is 13.2 Å². The molecule has 1 unspecified atom stereocenters. The molecule has 3 atom stereocenters. The number of carbonyl (C=O) groups excluding carboxylic acids is 2. The molecule has 3 rings (SSSR count). The third-order valence-electron chi connectivity index (χ3n) is 5.24. The summed E-state index contributed by atoms with van der Waals surface area (Å²) < 4.78 is 35.4. The Balaban J connectivity index is 1.65. The quantitative estimate of drug-likeness (QED) is 0.384. The second kappa shape index (κ2) is 6.60. The average Bonchev–Trinajstić information content (AvgIpc) is 3.31. The van der Waals surface area contributed by atoms with Crippen molar-refractivity contribution in [3.8, 4) is 0 Å². The first-order valence-corrected chi connectivity index (χ1v) is 9.80. The molecule has 2 saturated heterocycles. The Hall–Kier alpha value is -1.47. The molecule has 4 N–H and O–H groups in total. The smallest absolute Gasteiger partial charge is 0.325 e. The second-order valence-corrected chi connectivity index (χ2v) is 8.77. The number of hydrogen-bond acceptors (Lipinski definition) is 7. The van der Waals surface area contributed by atoms with E-state index in [-0.39, 0.29) is 25.6 Å². The Morgan fingerprint density at radius 2 is 2.12 bits per heavy atom. The summed E-state index contributed by atoms with van der Waals surface area (Å²) in [4.78, 5) is 31.3. The fourth-order valence-electron chi connectivity index (χ4n) is 3.53. The minimum absolute atomic E-state index is 0.0982. The van der Waals surface area contributed by atoms with Gasteiger partial charge < -0.3 is 10.6 Å².